The fourth-order valence-corrected chi connectivity index (χ4v) is 4.78. The molecule has 0 aromatic heterocycles. The smallest absolute Gasteiger partial charge is 0.254 e. The van der Waals surface area contributed by atoms with Crippen molar-refractivity contribution in [2.24, 2.45) is 0 Å². The first kappa shape index (κ1) is 21.1. The Bertz CT molecular complexity index is 981. The maximum absolute atomic E-state index is 13.3. The van der Waals surface area contributed by atoms with Gasteiger partial charge in [-0.25, -0.2) is 0 Å². The van der Waals surface area contributed by atoms with Crippen molar-refractivity contribution >= 4 is 17.7 Å². The lowest BCUT2D eigenvalue weighted by atomic mass is 9.82. The van der Waals surface area contributed by atoms with Gasteiger partial charge in [0.05, 0.1) is 12.0 Å². The molecular weight excluding hydrogens is 390 g/mol. The molecule has 4 rings (SSSR count). The molecule has 0 radical (unpaired) electrons. The van der Waals surface area contributed by atoms with Gasteiger partial charge in [0.25, 0.3) is 5.91 Å². The van der Waals surface area contributed by atoms with E-state index < -0.39 is 5.54 Å². The monoisotopic (exact) mass is 419 g/mol. The molecule has 2 heterocycles. The normalized spacial score (nSPS) is 17.4. The minimum atomic E-state index is -0.579. The highest BCUT2D eigenvalue weighted by atomic mass is 16.2. The van der Waals surface area contributed by atoms with Crippen molar-refractivity contribution in [3.8, 4) is 0 Å². The SMILES string of the molecule is CC(=O)N1CCC(CC(=O)N(C)Cc2ccccc2)(N2Cc3ccccc3C2=O)CC1. The molecule has 31 heavy (non-hydrogen) atoms. The lowest BCUT2D eigenvalue weighted by Crippen LogP contribution is -2.57. The Hall–Kier alpha value is -3.15. The van der Waals surface area contributed by atoms with Gasteiger partial charge in [-0.3, -0.25) is 14.4 Å². The summed E-state index contributed by atoms with van der Waals surface area (Å²) in [5, 5.41) is 0. The summed E-state index contributed by atoms with van der Waals surface area (Å²) >= 11 is 0. The van der Waals surface area contributed by atoms with Crippen molar-refractivity contribution in [2.45, 2.75) is 44.8 Å². The molecular formula is C25H29N3O3. The number of carbonyl (C=O) groups excluding carboxylic acids is 3. The van der Waals surface area contributed by atoms with E-state index in [4.69, 9.17) is 0 Å². The predicted molar refractivity (Wildman–Crippen MR) is 118 cm³/mol. The molecule has 6 nitrogen and oxygen atoms in total. The number of fused-ring (bicyclic) bond motifs is 1. The molecule has 2 aliphatic rings. The van der Waals surface area contributed by atoms with E-state index >= 15 is 0 Å². The van der Waals surface area contributed by atoms with E-state index in [-0.39, 0.29) is 24.1 Å². The van der Waals surface area contributed by atoms with Gasteiger partial charge < -0.3 is 14.7 Å². The zero-order chi connectivity index (χ0) is 22.0. The van der Waals surface area contributed by atoms with Crippen LogP contribution in [-0.2, 0) is 22.7 Å². The Kier molecular flexibility index (Phi) is 5.81. The van der Waals surface area contributed by atoms with Crippen molar-refractivity contribution in [1.29, 1.82) is 0 Å². The summed E-state index contributed by atoms with van der Waals surface area (Å²) in [5.74, 6) is 0.0476. The number of rotatable bonds is 5. The zero-order valence-corrected chi connectivity index (χ0v) is 18.2. The lowest BCUT2D eigenvalue weighted by Gasteiger charge is -2.47. The quantitative estimate of drug-likeness (QED) is 0.748. The molecule has 2 aromatic rings. The number of carbonyl (C=O) groups is 3. The molecule has 1 saturated heterocycles. The minimum absolute atomic E-state index is 0.00890. The van der Waals surface area contributed by atoms with Crippen molar-refractivity contribution in [3.05, 3.63) is 71.3 Å². The molecule has 0 N–H and O–H groups in total. The van der Waals surface area contributed by atoms with Gasteiger partial charge in [0.1, 0.15) is 0 Å². The number of piperidine rings is 1. The summed E-state index contributed by atoms with van der Waals surface area (Å²) in [7, 11) is 1.81. The van der Waals surface area contributed by atoms with Gasteiger partial charge in [0, 0.05) is 45.7 Å². The number of benzene rings is 2. The summed E-state index contributed by atoms with van der Waals surface area (Å²) in [5.41, 5.74) is 2.22. The second-order valence-electron chi connectivity index (χ2n) is 8.69. The molecule has 6 heteroatoms. The molecule has 0 saturated carbocycles. The topological polar surface area (TPSA) is 60.9 Å². The molecule has 3 amide bonds. The van der Waals surface area contributed by atoms with E-state index in [1.165, 1.54) is 0 Å². The third-order valence-corrected chi connectivity index (χ3v) is 6.70. The van der Waals surface area contributed by atoms with Crippen LogP contribution in [0.3, 0.4) is 0 Å². The fraction of sp³-hybridized carbons (Fsp3) is 0.400. The molecule has 2 aliphatic heterocycles. The molecule has 0 bridgehead atoms. The van der Waals surface area contributed by atoms with Crippen molar-refractivity contribution in [3.63, 3.8) is 0 Å². The Morgan fingerprint density at radius 3 is 2.29 bits per heavy atom. The third-order valence-electron chi connectivity index (χ3n) is 6.70. The summed E-state index contributed by atoms with van der Waals surface area (Å²) in [4.78, 5) is 43.9. The average molecular weight is 420 g/mol. The molecule has 0 unspecified atom stereocenters. The zero-order valence-electron chi connectivity index (χ0n) is 18.2. The first-order valence-electron chi connectivity index (χ1n) is 10.8. The van der Waals surface area contributed by atoms with Crippen molar-refractivity contribution < 1.29 is 14.4 Å². The standard InChI is InChI=1S/C25H29N3O3/c1-19(29)27-14-12-25(13-15-27,28-18-21-10-6-7-11-22(21)24(28)31)16-23(30)26(2)17-20-8-4-3-5-9-20/h3-11H,12-18H2,1-2H3. The van der Waals surface area contributed by atoms with Gasteiger partial charge in [0.2, 0.25) is 11.8 Å². The number of amides is 3. The van der Waals surface area contributed by atoms with E-state index in [1.807, 2.05) is 71.4 Å². The Morgan fingerprint density at radius 1 is 1.00 bits per heavy atom. The second-order valence-corrected chi connectivity index (χ2v) is 8.69. The molecule has 1 fully saturated rings. The number of likely N-dealkylation sites (tertiary alicyclic amines) is 1. The summed E-state index contributed by atoms with van der Waals surface area (Å²) in [6, 6.07) is 17.6. The number of nitrogens with zero attached hydrogens (tertiary/aromatic N) is 3. The minimum Gasteiger partial charge on any atom is -0.343 e. The van der Waals surface area contributed by atoms with E-state index in [0.29, 0.717) is 39.0 Å². The maximum atomic E-state index is 13.3. The van der Waals surface area contributed by atoms with Gasteiger partial charge in [-0.15, -0.1) is 0 Å². The lowest BCUT2D eigenvalue weighted by molar-refractivity contribution is -0.136. The Balaban J connectivity index is 1.56. The van der Waals surface area contributed by atoms with Crippen LogP contribution >= 0.6 is 0 Å². The van der Waals surface area contributed by atoms with E-state index in [1.54, 1.807) is 11.8 Å². The van der Waals surface area contributed by atoms with Crippen LogP contribution in [0.1, 0.15) is 47.7 Å². The molecule has 0 aliphatic carbocycles. The fourth-order valence-electron chi connectivity index (χ4n) is 4.78. The largest absolute Gasteiger partial charge is 0.343 e. The Labute approximate surface area is 183 Å². The summed E-state index contributed by atoms with van der Waals surface area (Å²) in [6.07, 6.45) is 1.48. The van der Waals surface area contributed by atoms with Gasteiger partial charge >= 0.3 is 0 Å². The van der Waals surface area contributed by atoms with Crippen molar-refractivity contribution in [1.82, 2.24) is 14.7 Å². The third kappa shape index (κ3) is 4.20. The van der Waals surface area contributed by atoms with Crippen LogP contribution in [-0.4, -0.2) is 58.1 Å². The average Bonchev–Trinajstić information content (AvgIpc) is 3.12. The predicted octanol–water partition coefficient (Wildman–Crippen LogP) is 3.07. The maximum Gasteiger partial charge on any atom is 0.254 e. The molecule has 162 valence electrons. The first-order valence-corrected chi connectivity index (χ1v) is 10.8. The molecule has 0 spiro atoms. The van der Waals surface area contributed by atoms with Crippen LogP contribution < -0.4 is 0 Å². The molecule has 0 atom stereocenters. The van der Waals surface area contributed by atoms with Crippen LogP contribution in [0.4, 0.5) is 0 Å². The van der Waals surface area contributed by atoms with Crippen LogP contribution in [0.2, 0.25) is 0 Å². The van der Waals surface area contributed by atoms with Crippen LogP contribution in [0.5, 0.6) is 0 Å². The van der Waals surface area contributed by atoms with Gasteiger partial charge in [-0.1, -0.05) is 48.5 Å². The van der Waals surface area contributed by atoms with Crippen LogP contribution in [0.25, 0.3) is 0 Å². The highest BCUT2D eigenvalue weighted by Gasteiger charge is 2.47. The number of hydrogen-bond acceptors (Lipinski definition) is 3. The van der Waals surface area contributed by atoms with Gasteiger partial charge in [0.15, 0.2) is 0 Å². The van der Waals surface area contributed by atoms with E-state index in [9.17, 15) is 14.4 Å². The second kappa shape index (κ2) is 8.53. The van der Waals surface area contributed by atoms with Crippen LogP contribution in [0, 0.1) is 0 Å². The Morgan fingerprint density at radius 2 is 1.65 bits per heavy atom. The highest BCUT2D eigenvalue weighted by molar-refractivity contribution is 5.99. The van der Waals surface area contributed by atoms with E-state index in [0.717, 1.165) is 16.7 Å². The highest BCUT2D eigenvalue weighted by Crippen LogP contribution is 2.39. The summed E-state index contributed by atoms with van der Waals surface area (Å²) < 4.78 is 0. The van der Waals surface area contributed by atoms with Gasteiger partial charge in [-0.2, -0.15) is 0 Å². The first-order chi connectivity index (χ1) is 14.9. The van der Waals surface area contributed by atoms with Crippen molar-refractivity contribution in [2.75, 3.05) is 20.1 Å². The van der Waals surface area contributed by atoms with Gasteiger partial charge in [-0.05, 0) is 30.0 Å². The van der Waals surface area contributed by atoms with E-state index in [2.05, 4.69) is 0 Å². The number of hydrogen-bond donors (Lipinski definition) is 0. The molecule has 2 aromatic carbocycles. The van der Waals surface area contributed by atoms with Crippen LogP contribution in [0.15, 0.2) is 54.6 Å². The summed E-state index contributed by atoms with van der Waals surface area (Å²) in [6.45, 7) is 3.74.